The molecule has 0 radical (unpaired) electrons. The van der Waals surface area contributed by atoms with Crippen LogP contribution in [0.15, 0.2) is 181 Å². The molecule has 67 heavy (non-hydrogen) atoms. The summed E-state index contributed by atoms with van der Waals surface area (Å²) in [5.74, 6) is 0.968. The summed E-state index contributed by atoms with van der Waals surface area (Å²) in [7, 11) is 0. The van der Waals surface area contributed by atoms with E-state index in [-0.39, 0.29) is 10.8 Å². The van der Waals surface area contributed by atoms with E-state index in [1.165, 1.54) is 77.1 Å². The fraction of sp³-hybridized carbons (Fsp3) is 0.177. The van der Waals surface area contributed by atoms with Gasteiger partial charge in [-0.1, -0.05) is 130 Å². The molecule has 328 valence electrons. The zero-order valence-electron chi connectivity index (χ0n) is 39.4. The summed E-state index contributed by atoms with van der Waals surface area (Å²) in [5.41, 5.74) is 17.4. The molecule has 8 aromatic carbocycles. The molecule has 0 saturated carbocycles. The summed E-state index contributed by atoms with van der Waals surface area (Å²) in [6.07, 6.45) is 6.03. The first-order valence-corrected chi connectivity index (χ1v) is 23.7. The van der Waals surface area contributed by atoms with Crippen LogP contribution in [0, 0.1) is 20.8 Å². The Morgan fingerprint density at radius 2 is 1.07 bits per heavy atom. The number of aryl methyl sites for hydroxylation is 3. The number of benzene rings is 8. The molecule has 0 aliphatic heterocycles. The van der Waals surface area contributed by atoms with Crippen molar-refractivity contribution in [3.8, 4) is 28.5 Å². The molecule has 5 nitrogen and oxygen atoms in total. The van der Waals surface area contributed by atoms with Gasteiger partial charge in [0.25, 0.3) is 0 Å². The number of hydrogen-bond acceptors (Lipinski definition) is 2. The van der Waals surface area contributed by atoms with Crippen molar-refractivity contribution in [3.05, 3.63) is 204 Å². The molecule has 12 rings (SSSR count). The lowest BCUT2D eigenvalue weighted by atomic mass is 9.66. The van der Waals surface area contributed by atoms with Gasteiger partial charge in [0.1, 0.15) is 17.0 Å². The van der Waals surface area contributed by atoms with E-state index in [1.54, 1.807) is 0 Å². The summed E-state index contributed by atoms with van der Waals surface area (Å²) >= 11 is 0. The van der Waals surface area contributed by atoms with Gasteiger partial charge in [0.2, 0.25) is 0 Å². The first-order chi connectivity index (χ1) is 32.5. The van der Waals surface area contributed by atoms with Gasteiger partial charge in [0.05, 0.1) is 27.8 Å². The van der Waals surface area contributed by atoms with Crippen molar-refractivity contribution in [3.63, 3.8) is 0 Å². The predicted octanol–water partition coefficient (Wildman–Crippen LogP) is 16.6. The first kappa shape index (κ1) is 40.8. The van der Waals surface area contributed by atoms with Gasteiger partial charge in [0.15, 0.2) is 0 Å². The van der Waals surface area contributed by atoms with Crippen LogP contribution < -0.4 is 0 Å². The van der Waals surface area contributed by atoms with Gasteiger partial charge in [-0.25, -0.2) is 4.98 Å². The van der Waals surface area contributed by atoms with Crippen molar-refractivity contribution >= 4 is 65.6 Å². The fourth-order valence-electron chi connectivity index (χ4n) is 11.7. The maximum atomic E-state index is 6.65. The molecule has 12 aromatic rings. The van der Waals surface area contributed by atoms with Crippen molar-refractivity contribution in [2.24, 2.45) is 0 Å². The van der Waals surface area contributed by atoms with Crippen LogP contribution in [0.3, 0.4) is 0 Å². The minimum Gasteiger partial charge on any atom is -0.456 e. The average molecular weight is 871 g/mol. The van der Waals surface area contributed by atoms with Crippen molar-refractivity contribution < 1.29 is 4.42 Å². The van der Waals surface area contributed by atoms with E-state index in [0.717, 1.165) is 57.5 Å². The highest BCUT2D eigenvalue weighted by Crippen LogP contribution is 2.44. The molecule has 0 spiro atoms. The number of hydrogen-bond donors (Lipinski definition) is 0. The zero-order valence-corrected chi connectivity index (χ0v) is 39.4. The van der Waals surface area contributed by atoms with Gasteiger partial charge in [-0.2, -0.15) is 0 Å². The smallest absolute Gasteiger partial charge is 0.144 e. The van der Waals surface area contributed by atoms with Crippen LogP contribution in [-0.2, 0) is 10.8 Å². The Morgan fingerprint density at radius 1 is 0.507 bits per heavy atom. The molecule has 4 heterocycles. The summed E-state index contributed by atoms with van der Waals surface area (Å²) < 4.78 is 13.7. The van der Waals surface area contributed by atoms with Crippen LogP contribution in [0.5, 0.6) is 0 Å². The summed E-state index contributed by atoms with van der Waals surface area (Å²) in [6, 6.07) is 60.3. The minimum atomic E-state index is -0.108. The Hall–Kier alpha value is -7.63. The molecule has 0 amide bonds. The number of furan rings is 1. The van der Waals surface area contributed by atoms with E-state index >= 15 is 0 Å². The second-order valence-corrected chi connectivity index (χ2v) is 19.8. The van der Waals surface area contributed by atoms with Crippen molar-refractivity contribution in [2.75, 3.05) is 0 Å². The summed E-state index contributed by atoms with van der Waals surface area (Å²) in [6.45, 7) is 16.2. The van der Waals surface area contributed by atoms with Crippen molar-refractivity contribution in [2.45, 2.75) is 72.1 Å². The number of para-hydroxylation sites is 3. The van der Waals surface area contributed by atoms with Gasteiger partial charge < -0.3 is 13.6 Å². The van der Waals surface area contributed by atoms with Gasteiger partial charge in [-0.3, -0.25) is 4.57 Å². The third kappa shape index (κ3) is 6.47. The lowest BCUT2D eigenvalue weighted by Crippen LogP contribution is -2.31. The molecule has 4 aromatic heterocycles. The maximum absolute atomic E-state index is 6.65. The third-order valence-corrected chi connectivity index (χ3v) is 15.0. The minimum absolute atomic E-state index is 0.0449. The van der Waals surface area contributed by atoms with Crippen LogP contribution in [-0.4, -0.2) is 18.7 Å². The molecule has 0 saturated heterocycles. The van der Waals surface area contributed by atoms with E-state index in [0.29, 0.717) is 0 Å². The van der Waals surface area contributed by atoms with Crippen LogP contribution in [0.1, 0.15) is 68.4 Å². The third-order valence-electron chi connectivity index (χ3n) is 15.0. The van der Waals surface area contributed by atoms with Gasteiger partial charge in [-0.15, -0.1) is 0 Å². The second kappa shape index (κ2) is 15.2. The molecule has 1 atom stereocenters. The van der Waals surface area contributed by atoms with Gasteiger partial charge in [0, 0.05) is 67.7 Å². The van der Waals surface area contributed by atoms with Gasteiger partial charge >= 0.3 is 0 Å². The van der Waals surface area contributed by atoms with Crippen molar-refractivity contribution in [1.82, 2.24) is 18.7 Å². The van der Waals surface area contributed by atoms with Crippen LogP contribution in [0.2, 0.25) is 0 Å². The monoisotopic (exact) mass is 870 g/mol. The van der Waals surface area contributed by atoms with E-state index < -0.39 is 0 Å². The number of imidazole rings is 1. The molecular weight excluding hydrogens is 817 g/mol. The van der Waals surface area contributed by atoms with E-state index in [2.05, 4.69) is 232 Å². The first-order valence-electron chi connectivity index (χ1n) is 23.7. The highest BCUT2D eigenvalue weighted by Gasteiger charge is 2.34. The lowest BCUT2D eigenvalue weighted by molar-refractivity contribution is 0.317. The van der Waals surface area contributed by atoms with Crippen LogP contribution >= 0.6 is 0 Å². The molecule has 0 bridgehead atoms. The highest BCUT2D eigenvalue weighted by atomic mass is 16.3. The number of rotatable bonds is 9. The molecule has 0 N–H and O–H groups in total. The Labute approximate surface area is 391 Å². The standard InChI is InChI=1S/C62H54N4O/c1-8-62(7,43-23-21-42(22-24-43)60-63-31-32-64(60)59-40(3)33-39(2)34-41(59)4)38-61(5,6)44-25-29-56-51(35-44)49-17-11-14-20-55(49)66(56)46-26-28-50-52-36-45(27-30-57(52)67-58(50)37-46)65-53-18-12-9-15-47(53)48-16-10-13-19-54(48)65/h9-37H,8,38H2,1-7H3. The Kier molecular flexibility index (Phi) is 9.28. The predicted molar refractivity (Wildman–Crippen MR) is 281 cm³/mol. The molecule has 0 fully saturated rings. The fourth-order valence-corrected chi connectivity index (χ4v) is 11.7. The SMILES string of the molecule is CCC(C)(CC(C)(C)c1ccc2c(c1)c1ccccc1n2-c1ccc2c(c1)oc1ccc(-n3c4ccccc4c4ccccc43)cc12)c1ccc(-c2nccn2-c2c(C)cc(C)cc2C)cc1. The van der Waals surface area contributed by atoms with Crippen LogP contribution in [0.25, 0.3) is 94.0 Å². The van der Waals surface area contributed by atoms with Crippen molar-refractivity contribution in [1.29, 1.82) is 0 Å². The Morgan fingerprint density at radius 3 is 1.72 bits per heavy atom. The second-order valence-electron chi connectivity index (χ2n) is 19.8. The quantitative estimate of drug-likeness (QED) is 0.145. The molecule has 0 aliphatic carbocycles. The number of aromatic nitrogens is 4. The van der Waals surface area contributed by atoms with E-state index in [1.807, 2.05) is 6.20 Å². The zero-order chi connectivity index (χ0) is 45.8. The van der Waals surface area contributed by atoms with E-state index in [9.17, 15) is 0 Å². The lowest BCUT2D eigenvalue weighted by Gasteiger charge is -2.38. The number of fused-ring (bicyclic) bond motifs is 9. The molecule has 0 aliphatic rings. The summed E-state index contributed by atoms with van der Waals surface area (Å²) in [4.78, 5) is 4.85. The topological polar surface area (TPSA) is 40.8 Å². The Balaban J connectivity index is 0.875. The number of nitrogens with zero attached hydrogens (tertiary/aromatic N) is 4. The van der Waals surface area contributed by atoms with E-state index in [4.69, 9.17) is 9.40 Å². The van der Waals surface area contributed by atoms with Crippen LogP contribution in [0.4, 0.5) is 0 Å². The Bertz CT molecular complexity index is 3830. The normalized spacial score (nSPS) is 13.2. The summed E-state index contributed by atoms with van der Waals surface area (Å²) in [5, 5.41) is 7.25. The highest BCUT2D eigenvalue weighted by molar-refractivity contribution is 6.12. The molecule has 5 heteroatoms. The largest absolute Gasteiger partial charge is 0.456 e. The maximum Gasteiger partial charge on any atom is 0.144 e. The average Bonchev–Trinajstić information content (AvgIpc) is 4.12. The molecular formula is C62H54N4O. The molecule has 1 unspecified atom stereocenters. The van der Waals surface area contributed by atoms with Gasteiger partial charge in [-0.05, 0) is 127 Å².